The third-order valence-electron chi connectivity index (χ3n) is 1.46. The predicted octanol–water partition coefficient (Wildman–Crippen LogP) is 0.602. The van der Waals surface area contributed by atoms with Gasteiger partial charge >= 0.3 is 0 Å². The summed E-state index contributed by atoms with van der Waals surface area (Å²) in [5, 5.41) is 7.17. The summed E-state index contributed by atoms with van der Waals surface area (Å²) in [6.07, 6.45) is 1.60. The summed E-state index contributed by atoms with van der Waals surface area (Å²) in [5.41, 5.74) is 12.4. The van der Waals surface area contributed by atoms with Crippen molar-refractivity contribution in [3.05, 3.63) is 35.4 Å². The van der Waals surface area contributed by atoms with Gasteiger partial charge in [-0.25, -0.2) is 0 Å². The topological polar surface area (TPSA) is 76.8 Å². The Morgan fingerprint density at radius 1 is 1.23 bits per heavy atom. The van der Waals surface area contributed by atoms with Crippen LogP contribution in [0.2, 0.25) is 0 Å². The number of aryl methyl sites for hydroxylation is 1. The van der Waals surface area contributed by atoms with Gasteiger partial charge in [-0.3, -0.25) is 0 Å². The van der Waals surface area contributed by atoms with Gasteiger partial charge in [0.2, 0.25) is 5.96 Å². The molecule has 1 rings (SSSR count). The van der Waals surface area contributed by atoms with E-state index in [4.69, 9.17) is 11.5 Å². The summed E-state index contributed by atoms with van der Waals surface area (Å²) in [4.78, 5) is 0. The summed E-state index contributed by atoms with van der Waals surface area (Å²) >= 11 is 0. The van der Waals surface area contributed by atoms with Gasteiger partial charge < -0.3 is 11.5 Å². The molecule has 0 aliphatic rings. The molecule has 0 fully saturated rings. The molecule has 4 nitrogen and oxygen atoms in total. The summed E-state index contributed by atoms with van der Waals surface area (Å²) in [6, 6.07) is 7.88. The first-order chi connectivity index (χ1) is 6.18. The predicted molar refractivity (Wildman–Crippen MR) is 54.6 cm³/mol. The average Bonchev–Trinajstić information content (AvgIpc) is 2.08. The van der Waals surface area contributed by atoms with E-state index in [9.17, 15) is 0 Å². The summed E-state index contributed by atoms with van der Waals surface area (Å²) in [5.74, 6) is -0.0386. The molecule has 1 aromatic rings. The first-order valence-electron chi connectivity index (χ1n) is 3.87. The maximum absolute atomic E-state index is 5.09. The van der Waals surface area contributed by atoms with Gasteiger partial charge in [0.05, 0.1) is 6.21 Å². The maximum Gasteiger partial charge on any atom is 0.211 e. The van der Waals surface area contributed by atoms with Gasteiger partial charge in [0.1, 0.15) is 0 Å². The van der Waals surface area contributed by atoms with Gasteiger partial charge in [-0.2, -0.15) is 5.10 Å². The number of hydrogen-bond acceptors (Lipinski definition) is 2. The van der Waals surface area contributed by atoms with Crippen LogP contribution in [0.4, 0.5) is 0 Å². The van der Waals surface area contributed by atoms with Crippen molar-refractivity contribution in [2.45, 2.75) is 6.92 Å². The van der Waals surface area contributed by atoms with Crippen LogP contribution in [-0.4, -0.2) is 12.2 Å². The van der Waals surface area contributed by atoms with Crippen LogP contribution in [0.3, 0.4) is 0 Å². The largest absolute Gasteiger partial charge is 0.369 e. The van der Waals surface area contributed by atoms with Crippen molar-refractivity contribution in [3.8, 4) is 0 Å². The second-order valence-electron chi connectivity index (χ2n) is 2.68. The maximum atomic E-state index is 5.09. The average molecular weight is 176 g/mol. The summed E-state index contributed by atoms with van der Waals surface area (Å²) in [6.45, 7) is 2.02. The molecule has 0 aliphatic heterocycles. The van der Waals surface area contributed by atoms with Gasteiger partial charge in [0.15, 0.2) is 0 Å². The lowest BCUT2D eigenvalue weighted by Crippen LogP contribution is -2.21. The second kappa shape index (κ2) is 4.25. The minimum Gasteiger partial charge on any atom is -0.369 e. The number of guanidine groups is 1. The zero-order valence-corrected chi connectivity index (χ0v) is 7.44. The third kappa shape index (κ3) is 3.37. The highest BCUT2D eigenvalue weighted by Gasteiger charge is 1.85. The van der Waals surface area contributed by atoms with E-state index in [0.717, 1.165) is 5.56 Å². The Morgan fingerprint density at radius 3 is 2.38 bits per heavy atom. The van der Waals surface area contributed by atoms with Crippen LogP contribution in [0.5, 0.6) is 0 Å². The van der Waals surface area contributed by atoms with Crippen molar-refractivity contribution in [1.29, 1.82) is 0 Å². The SMILES string of the molecule is Cc1ccc(/C=N\N=C(N)N)cc1. The Balaban J connectivity index is 2.70. The number of rotatable bonds is 2. The minimum atomic E-state index is -0.0386. The Hall–Kier alpha value is -1.84. The Bertz CT molecular complexity index is 320. The van der Waals surface area contributed by atoms with Crippen molar-refractivity contribution in [1.82, 2.24) is 0 Å². The molecular weight excluding hydrogens is 164 g/mol. The summed E-state index contributed by atoms with van der Waals surface area (Å²) < 4.78 is 0. The van der Waals surface area contributed by atoms with Gasteiger partial charge in [0, 0.05) is 0 Å². The molecule has 0 atom stereocenters. The fraction of sp³-hybridized carbons (Fsp3) is 0.111. The van der Waals surface area contributed by atoms with Crippen molar-refractivity contribution >= 4 is 12.2 Å². The lowest BCUT2D eigenvalue weighted by molar-refractivity contribution is 1.21. The van der Waals surface area contributed by atoms with Crippen LogP contribution >= 0.6 is 0 Å². The monoisotopic (exact) mass is 176 g/mol. The van der Waals surface area contributed by atoms with E-state index < -0.39 is 0 Å². The van der Waals surface area contributed by atoms with Gasteiger partial charge in [-0.15, -0.1) is 5.10 Å². The Kier molecular flexibility index (Phi) is 3.03. The zero-order valence-electron chi connectivity index (χ0n) is 7.44. The first kappa shape index (κ1) is 9.25. The van der Waals surface area contributed by atoms with Crippen molar-refractivity contribution < 1.29 is 0 Å². The second-order valence-corrected chi connectivity index (χ2v) is 2.68. The van der Waals surface area contributed by atoms with Crippen LogP contribution in [0, 0.1) is 6.92 Å². The standard InChI is InChI=1S/C9H12N4/c1-7-2-4-8(5-3-7)6-12-13-9(10)11/h2-6H,1H3,(H4,10,11,13)/b12-6-. The Morgan fingerprint density at radius 2 is 1.85 bits per heavy atom. The van der Waals surface area contributed by atoms with E-state index in [1.165, 1.54) is 5.56 Å². The summed E-state index contributed by atoms with van der Waals surface area (Å²) in [7, 11) is 0. The van der Waals surface area contributed by atoms with Gasteiger partial charge in [-0.05, 0) is 12.5 Å². The van der Waals surface area contributed by atoms with E-state index in [1.54, 1.807) is 6.21 Å². The highest BCUT2D eigenvalue weighted by Crippen LogP contribution is 1.99. The molecular formula is C9H12N4. The fourth-order valence-corrected chi connectivity index (χ4v) is 0.815. The normalized spacial score (nSPS) is 10.2. The molecule has 0 radical (unpaired) electrons. The van der Waals surface area contributed by atoms with E-state index in [2.05, 4.69) is 10.2 Å². The van der Waals surface area contributed by atoms with E-state index in [-0.39, 0.29) is 5.96 Å². The minimum absolute atomic E-state index is 0.0386. The molecule has 0 aliphatic carbocycles. The molecule has 68 valence electrons. The molecule has 0 bridgehead atoms. The van der Waals surface area contributed by atoms with Gasteiger partial charge in [0.25, 0.3) is 0 Å². The molecule has 13 heavy (non-hydrogen) atoms. The van der Waals surface area contributed by atoms with Crippen LogP contribution in [-0.2, 0) is 0 Å². The molecule has 0 heterocycles. The van der Waals surface area contributed by atoms with Crippen LogP contribution in [0.15, 0.2) is 34.5 Å². The van der Waals surface area contributed by atoms with Gasteiger partial charge in [-0.1, -0.05) is 29.8 Å². The number of nitrogens with zero attached hydrogens (tertiary/aromatic N) is 2. The van der Waals surface area contributed by atoms with Crippen molar-refractivity contribution in [2.24, 2.45) is 21.7 Å². The van der Waals surface area contributed by atoms with E-state index >= 15 is 0 Å². The number of benzene rings is 1. The van der Waals surface area contributed by atoms with Crippen molar-refractivity contribution in [2.75, 3.05) is 0 Å². The molecule has 0 saturated heterocycles. The third-order valence-corrected chi connectivity index (χ3v) is 1.46. The van der Waals surface area contributed by atoms with Crippen LogP contribution in [0.1, 0.15) is 11.1 Å². The van der Waals surface area contributed by atoms with Crippen LogP contribution in [0.25, 0.3) is 0 Å². The lowest BCUT2D eigenvalue weighted by atomic mass is 10.2. The molecule has 0 spiro atoms. The zero-order chi connectivity index (χ0) is 9.68. The lowest BCUT2D eigenvalue weighted by Gasteiger charge is -1.92. The fourth-order valence-electron chi connectivity index (χ4n) is 0.815. The van der Waals surface area contributed by atoms with Crippen molar-refractivity contribution in [3.63, 3.8) is 0 Å². The molecule has 4 heteroatoms. The quantitative estimate of drug-likeness (QED) is 0.393. The Labute approximate surface area is 77.0 Å². The smallest absolute Gasteiger partial charge is 0.211 e. The molecule has 4 N–H and O–H groups in total. The molecule has 1 aromatic carbocycles. The number of hydrogen-bond donors (Lipinski definition) is 2. The molecule has 0 amide bonds. The molecule has 0 aromatic heterocycles. The van der Waals surface area contributed by atoms with Crippen LogP contribution < -0.4 is 11.5 Å². The number of nitrogens with two attached hydrogens (primary N) is 2. The highest BCUT2D eigenvalue weighted by atomic mass is 15.3. The first-order valence-corrected chi connectivity index (χ1v) is 3.87. The highest BCUT2D eigenvalue weighted by molar-refractivity contribution is 5.81. The van der Waals surface area contributed by atoms with E-state index in [0.29, 0.717) is 0 Å². The molecule has 0 saturated carbocycles. The molecule has 0 unspecified atom stereocenters. The van der Waals surface area contributed by atoms with E-state index in [1.807, 2.05) is 31.2 Å².